The van der Waals surface area contributed by atoms with Crippen molar-refractivity contribution >= 4 is 10.8 Å². The van der Waals surface area contributed by atoms with Crippen molar-refractivity contribution in [3.8, 4) is 5.88 Å². The lowest BCUT2D eigenvalue weighted by molar-refractivity contribution is 0.211. The maximum absolute atomic E-state index is 6.05. The second-order valence-corrected chi connectivity index (χ2v) is 6.26. The Balaban J connectivity index is 1.81. The highest BCUT2D eigenvalue weighted by Crippen LogP contribution is 2.27. The number of nitrogens with one attached hydrogen (secondary N) is 1. The van der Waals surface area contributed by atoms with Crippen molar-refractivity contribution < 1.29 is 4.74 Å². The molecule has 0 radical (unpaired) electrons. The van der Waals surface area contributed by atoms with Crippen LogP contribution in [-0.2, 0) is 0 Å². The highest BCUT2D eigenvalue weighted by atomic mass is 16.5. The van der Waals surface area contributed by atoms with Gasteiger partial charge in [0.2, 0.25) is 5.88 Å². The third-order valence-electron chi connectivity index (χ3n) is 4.33. The Morgan fingerprint density at radius 3 is 2.81 bits per heavy atom. The minimum atomic E-state index is 0.520. The van der Waals surface area contributed by atoms with Gasteiger partial charge in [0.05, 0.1) is 6.61 Å². The van der Waals surface area contributed by atoms with Crippen LogP contribution in [0.5, 0.6) is 5.88 Å². The Kier molecular flexibility index (Phi) is 4.39. The summed E-state index contributed by atoms with van der Waals surface area (Å²) in [5, 5.41) is 5.73. The number of pyridine rings is 1. The quantitative estimate of drug-likeness (QED) is 0.928. The summed E-state index contributed by atoms with van der Waals surface area (Å²) in [4.78, 5) is 4.45. The zero-order chi connectivity index (χ0) is 14.7. The molecule has 3 nitrogen and oxygen atoms in total. The molecule has 0 bridgehead atoms. The SMILES string of the molecule is CC(C)c1ccc2ccnc(OCC3CCNCC3)c2c1. The van der Waals surface area contributed by atoms with Gasteiger partial charge in [0.1, 0.15) is 0 Å². The molecule has 0 unspecified atom stereocenters. The minimum Gasteiger partial charge on any atom is -0.477 e. The molecule has 1 aromatic heterocycles. The summed E-state index contributed by atoms with van der Waals surface area (Å²) in [7, 11) is 0. The van der Waals surface area contributed by atoms with E-state index in [4.69, 9.17) is 4.74 Å². The second-order valence-electron chi connectivity index (χ2n) is 6.26. The average Bonchev–Trinajstić information content (AvgIpc) is 2.53. The van der Waals surface area contributed by atoms with Gasteiger partial charge in [0, 0.05) is 11.6 Å². The average molecular weight is 284 g/mol. The fourth-order valence-corrected chi connectivity index (χ4v) is 2.88. The highest BCUT2D eigenvalue weighted by molar-refractivity contribution is 5.87. The van der Waals surface area contributed by atoms with Crippen molar-refractivity contribution in [1.82, 2.24) is 10.3 Å². The van der Waals surface area contributed by atoms with Gasteiger partial charge < -0.3 is 10.1 Å². The molecule has 0 saturated carbocycles. The third kappa shape index (κ3) is 3.35. The Hall–Kier alpha value is -1.61. The summed E-state index contributed by atoms with van der Waals surface area (Å²) in [5.41, 5.74) is 1.34. The molecule has 1 N–H and O–H groups in total. The summed E-state index contributed by atoms with van der Waals surface area (Å²) in [6.45, 7) is 7.42. The number of hydrogen-bond donors (Lipinski definition) is 1. The summed E-state index contributed by atoms with van der Waals surface area (Å²) < 4.78 is 6.05. The van der Waals surface area contributed by atoms with Crippen LogP contribution in [0.4, 0.5) is 0 Å². The van der Waals surface area contributed by atoms with Crippen molar-refractivity contribution in [3.63, 3.8) is 0 Å². The van der Waals surface area contributed by atoms with Crippen LogP contribution in [0.3, 0.4) is 0 Å². The number of piperidine rings is 1. The number of nitrogens with zero attached hydrogens (tertiary/aromatic N) is 1. The monoisotopic (exact) mass is 284 g/mol. The predicted octanol–water partition coefficient (Wildman–Crippen LogP) is 3.74. The molecule has 3 heteroatoms. The van der Waals surface area contributed by atoms with Crippen LogP contribution in [-0.4, -0.2) is 24.7 Å². The highest BCUT2D eigenvalue weighted by Gasteiger charge is 2.15. The van der Waals surface area contributed by atoms with E-state index >= 15 is 0 Å². The van der Waals surface area contributed by atoms with Crippen LogP contribution >= 0.6 is 0 Å². The maximum atomic E-state index is 6.05. The van der Waals surface area contributed by atoms with Crippen LogP contribution in [0.2, 0.25) is 0 Å². The van der Waals surface area contributed by atoms with Gasteiger partial charge >= 0.3 is 0 Å². The standard InChI is InChI=1S/C18H24N2O/c1-13(2)16-4-3-15-7-10-20-18(17(15)11-16)21-12-14-5-8-19-9-6-14/h3-4,7,10-11,13-14,19H,5-6,8-9,12H2,1-2H3. The molecular weight excluding hydrogens is 260 g/mol. The van der Waals surface area contributed by atoms with Crippen molar-refractivity contribution in [2.24, 2.45) is 5.92 Å². The lowest BCUT2D eigenvalue weighted by atomic mass is 9.99. The van der Waals surface area contributed by atoms with Gasteiger partial charge in [-0.3, -0.25) is 0 Å². The molecule has 21 heavy (non-hydrogen) atoms. The van der Waals surface area contributed by atoms with E-state index in [0.29, 0.717) is 11.8 Å². The Bertz CT molecular complexity index is 603. The van der Waals surface area contributed by atoms with E-state index in [1.165, 1.54) is 23.8 Å². The smallest absolute Gasteiger partial charge is 0.221 e. The van der Waals surface area contributed by atoms with E-state index < -0.39 is 0 Å². The first-order valence-corrected chi connectivity index (χ1v) is 7.96. The molecule has 1 aliphatic heterocycles. The van der Waals surface area contributed by atoms with E-state index in [2.05, 4.69) is 48.4 Å². The minimum absolute atomic E-state index is 0.520. The lowest BCUT2D eigenvalue weighted by Gasteiger charge is -2.22. The van der Waals surface area contributed by atoms with Crippen molar-refractivity contribution in [2.45, 2.75) is 32.6 Å². The fourth-order valence-electron chi connectivity index (χ4n) is 2.88. The van der Waals surface area contributed by atoms with Crippen LogP contribution in [0.25, 0.3) is 10.8 Å². The van der Waals surface area contributed by atoms with Crippen LogP contribution in [0.15, 0.2) is 30.5 Å². The number of hydrogen-bond acceptors (Lipinski definition) is 3. The molecule has 1 fully saturated rings. The molecular formula is C18H24N2O. The summed E-state index contributed by atoms with van der Waals surface area (Å²) in [6.07, 6.45) is 4.24. The Morgan fingerprint density at radius 1 is 1.24 bits per heavy atom. The molecule has 2 heterocycles. The molecule has 1 aromatic carbocycles. The molecule has 0 atom stereocenters. The van der Waals surface area contributed by atoms with Crippen molar-refractivity contribution in [3.05, 3.63) is 36.0 Å². The summed E-state index contributed by atoms with van der Waals surface area (Å²) in [6, 6.07) is 8.65. The maximum Gasteiger partial charge on any atom is 0.221 e. The fraction of sp³-hybridized carbons (Fsp3) is 0.500. The van der Waals surface area contributed by atoms with Gasteiger partial charge in [-0.15, -0.1) is 0 Å². The van der Waals surface area contributed by atoms with Crippen molar-refractivity contribution in [2.75, 3.05) is 19.7 Å². The zero-order valence-corrected chi connectivity index (χ0v) is 12.9. The van der Waals surface area contributed by atoms with Gasteiger partial charge in [-0.05, 0) is 60.8 Å². The van der Waals surface area contributed by atoms with Crippen molar-refractivity contribution in [1.29, 1.82) is 0 Å². The Labute approximate surface area is 126 Å². The number of aromatic nitrogens is 1. The first kappa shape index (κ1) is 14.3. The molecule has 112 valence electrons. The van der Waals surface area contributed by atoms with Crippen LogP contribution in [0, 0.1) is 5.92 Å². The largest absolute Gasteiger partial charge is 0.477 e. The number of ether oxygens (including phenoxy) is 1. The van der Waals surface area contributed by atoms with E-state index in [0.717, 1.165) is 31.0 Å². The molecule has 0 aliphatic carbocycles. The van der Waals surface area contributed by atoms with E-state index in [1.54, 1.807) is 0 Å². The number of benzene rings is 1. The first-order chi connectivity index (χ1) is 10.2. The normalized spacial score (nSPS) is 16.5. The molecule has 1 saturated heterocycles. The van der Waals surface area contributed by atoms with E-state index in [-0.39, 0.29) is 0 Å². The second kappa shape index (κ2) is 6.44. The number of fused-ring (bicyclic) bond motifs is 1. The topological polar surface area (TPSA) is 34.1 Å². The predicted molar refractivity (Wildman–Crippen MR) is 86.9 cm³/mol. The lowest BCUT2D eigenvalue weighted by Crippen LogP contribution is -2.30. The first-order valence-electron chi connectivity index (χ1n) is 7.96. The van der Waals surface area contributed by atoms with Gasteiger partial charge in [-0.2, -0.15) is 0 Å². The van der Waals surface area contributed by atoms with Gasteiger partial charge in [0.15, 0.2) is 0 Å². The van der Waals surface area contributed by atoms with Crippen LogP contribution in [0.1, 0.15) is 38.2 Å². The Morgan fingerprint density at radius 2 is 2.05 bits per heavy atom. The molecule has 0 amide bonds. The summed E-state index contributed by atoms with van der Waals surface area (Å²) >= 11 is 0. The molecule has 2 aromatic rings. The van der Waals surface area contributed by atoms with E-state index in [1.807, 2.05) is 6.20 Å². The molecule has 0 spiro atoms. The van der Waals surface area contributed by atoms with Gasteiger partial charge in [0.25, 0.3) is 0 Å². The molecule has 3 rings (SSSR count). The zero-order valence-electron chi connectivity index (χ0n) is 12.9. The van der Waals surface area contributed by atoms with Gasteiger partial charge in [-0.1, -0.05) is 26.0 Å². The number of rotatable bonds is 4. The van der Waals surface area contributed by atoms with Gasteiger partial charge in [-0.25, -0.2) is 4.98 Å². The van der Waals surface area contributed by atoms with Crippen LogP contribution < -0.4 is 10.1 Å². The van der Waals surface area contributed by atoms with E-state index in [9.17, 15) is 0 Å². The summed E-state index contributed by atoms with van der Waals surface area (Å²) in [5.74, 6) is 1.96. The molecule has 1 aliphatic rings. The third-order valence-corrected chi connectivity index (χ3v) is 4.33.